The molecule has 1 saturated heterocycles. The van der Waals surface area contributed by atoms with E-state index in [0.717, 1.165) is 17.2 Å². The Labute approximate surface area is 176 Å². The molecule has 0 N–H and O–H groups in total. The highest BCUT2D eigenvalue weighted by molar-refractivity contribution is 7.89. The fourth-order valence-corrected chi connectivity index (χ4v) is 4.80. The Morgan fingerprint density at radius 3 is 2.30 bits per heavy atom. The number of benzene rings is 1. The van der Waals surface area contributed by atoms with Crippen LogP contribution in [0.3, 0.4) is 0 Å². The zero-order valence-corrected chi connectivity index (χ0v) is 18.1. The van der Waals surface area contributed by atoms with Gasteiger partial charge in [0, 0.05) is 64.4 Å². The van der Waals surface area contributed by atoms with Crippen LogP contribution in [0.5, 0.6) is 0 Å². The van der Waals surface area contributed by atoms with Gasteiger partial charge in [-0.15, -0.1) is 0 Å². The summed E-state index contributed by atoms with van der Waals surface area (Å²) in [5.74, 6) is 1.48. The molecule has 2 aromatic heterocycles. The number of rotatable bonds is 5. The highest BCUT2D eigenvalue weighted by Gasteiger charge is 2.29. The van der Waals surface area contributed by atoms with Crippen molar-refractivity contribution in [2.75, 3.05) is 50.1 Å². The minimum Gasteiger partial charge on any atom is -0.363 e. The summed E-state index contributed by atoms with van der Waals surface area (Å²) in [6.07, 6.45) is 3.50. The molecule has 0 radical (unpaired) electrons. The summed E-state index contributed by atoms with van der Waals surface area (Å²) < 4.78 is 29.4. The molecule has 1 aliphatic rings. The van der Waals surface area contributed by atoms with Crippen molar-refractivity contribution in [2.24, 2.45) is 0 Å². The van der Waals surface area contributed by atoms with Crippen molar-refractivity contribution in [3.8, 4) is 5.69 Å². The van der Waals surface area contributed by atoms with E-state index in [1.807, 2.05) is 49.1 Å². The Kier molecular flexibility index (Phi) is 5.44. The van der Waals surface area contributed by atoms with E-state index in [2.05, 4.69) is 15.1 Å². The third-order valence-electron chi connectivity index (χ3n) is 5.05. The number of anilines is 2. The van der Waals surface area contributed by atoms with E-state index in [-0.39, 0.29) is 4.90 Å². The van der Waals surface area contributed by atoms with Crippen LogP contribution in [-0.4, -0.2) is 72.7 Å². The molecule has 1 fully saturated rings. The minimum absolute atomic E-state index is 0.286. The van der Waals surface area contributed by atoms with Gasteiger partial charge >= 0.3 is 0 Å². The van der Waals surface area contributed by atoms with Crippen LogP contribution >= 0.6 is 0 Å². The number of sulfonamides is 1. The zero-order valence-electron chi connectivity index (χ0n) is 17.3. The smallest absolute Gasteiger partial charge is 0.243 e. The summed E-state index contributed by atoms with van der Waals surface area (Å²) in [6, 6.07) is 10.5. The summed E-state index contributed by atoms with van der Waals surface area (Å²) >= 11 is 0. The molecule has 3 aromatic rings. The van der Waals surface area contributed by atoms with Crippen LogP contribution in [0.1, 0.15) is 5.69 Å². The van der Waals surface area contributed by atoms with Crippen LogP contribution in [0.4, 0.5) is 11.8 Å². The second-order valence-corrected chi connectivity index (χ2v) is 9.34. The minimum atomic E-state index is -3.56. The van der Waals surface area contributed by atoms with Gasteiger partial charge in [-0.3, -0.25) is 0 Å². The Morgan fingerprint density at radius 1 is 1.00 bits per heavy atom. The first kappa shape index (κ1) is 20.3. The SMILES string of the molecule is Cc1cc(N(C)C)nc(N2CCN(S(=O)(=O)c3ccc(-n4cccn4)cc3)CC2)n1. The maximum atomic E-state index is 13.1. The summed E-state index contributed by atoms with van der Waals surface area (Å²) in [5.41, 5.74) is 1.70. The fourth-order valence-electron chi connectivity index (χ4n) is 3.38. The Morgan fingerprint density at radius 2 is 1.70 bits per heavy atom. The predicted molar refractivity (Wildman–Crippen MR) is 116 cm³/mol. The van der Waals surface area contributed by atoms with E-state index in [1.165, 1.54) is 4.31 Å². The van der Waals surface area contributed by atoms with Crippen LogP contribution in [0.15, 0.2) is 53.7 Å². The van der Waals surface area contributed by atoms with Gasteiger partial charge in [-0.25, -0.2) is 18.1 Å². The van der Waals surface area contributed by atoms with Crippen molar-refractivity contribution < 1.29 is 8.42 Å². The monoisotopic (exact) mass is 427 g/mol. The van der Waals surface area contributed by atoms with Gasteiger partial charge in [0.15, 0.2) is 0 Å². The Balaban J connectivity index is 1.47. The van der Waals surface area contributed by atoms with Crippen LogP contribution < -0.4 is 9.80 Å². The molecule has 1 aliphatic heterocycles. The van der Waals surface area contributed by atoms with Crippen LogP contribution in [-0.2, 0) is 10.0 Å². The molecule has 4 rings (SSSR count). The summed E-state index contributed by atoms with van der Waals surface area (Å²) in [7, 11) is 0.321. The lowest BCUT2D eigenvalue weighted by molar-refractivity contribution is 0.382. The molecule has 0 bridgehead atoms. The van der Waals surface area contributed by atoms with E-state index in [1.54, 1.807) is 35.1 Å². The summed E-state index contributed by atoms with van der Waals surface area (Å²) in [5, 5.41) is 4.16. The van der Waals surface area contributed by atoms with E-state index in [0.29, 0.717) is 32.1 Å². The van der Waals surface area contributed by atoms with Crippen LogP contribution in [0.2, 0.25) is 0 Å². The molecular formula is C20H25N7O2S. The van der Waals surface area contributed by atoms with Crippen molar-refractivity contribution in [2.45, 2.75) is 11.8 Å². The summed E-state index contributed by atoms with van der Waals surface area (Å²) in [4.78, 5) is 13.4. The van der Waals surface area contributed by atoms with Crippen molar-refractivity contribution in [1.82, 2.24) is 24.1 Å². The normalized spacial score (nSPS) is 15.4. The van der Waals surface area contributed by atoms with E-state index >= 15 is 0 Å². The van der Waals surface area contributed by atoms with Crippen molar-refractivity contribution in [1.29, 1.82) is 0 Å². The molecule has 1 aromatic carbocycles. The second-order valence-electron chi connectivity index (χ2n) is 7.40. The van der Waals surface area contributed by atoms with Crippen LogP contribution in [0.25, 0.3) is 5.69 Å². The van der Waals surface area contributed by atoms with E-state index in [4.69, 9.17) is 0 Å². The van der Waals surface area contributed by atoms with Crippen molar-refractivity contribution >= 4 is 21.8 Å². The number of nitrogens with zero attached hydrogens (tertiary/aromatic N) is 7. The first-order chi connectivity index (χ1) is 14.3. The standard InChI is InChI=1S/C20H25N7O2S/c1-16-15-19(24(2)3)23-20(22-16)25-11-13-26(14-12-25)30(28,29)18-7-5-17(6-8-18)27-10-4-9-21-27/h4-10,15H,11-14H2,1-3H3. The molecule has 0 atom stereocenters. The molecule has 0 unspecified atom stereocenters. The third-order valence-corrected chi connectivity index (χ3v) is 6.96. The van der Waals surface area contributed by atoms with Crippen LogP contribution in [0, 0.1) is 6.92 Å². The molecular weight excluding hydrogens is 402 g/mol. The fraction of sp³-hybridized carbons (Fsp3) is 0.350. The quantitative estimate of drug-likeness (QED) is 0.610. The Hall–Kier alpha value is -2.98. The molecule has 30 heavy (non-hydrogen) atoms. The molecule has 0 aliphatic carbocycles. The average molecular weight is 428 g/mol. The van der Waals surface area contributed by atoms with E-state index < -0.39 is 10.0 Å². The summed E-state index contributed by atoms with van der Waals surface area (Å²) in [6.45, 7) is 3.79. The number of hydrogen-bond acceptors (Lipinski definition) is 7. The van der Waals surface area contributed by atoms with Gasteiger partial charge in [0.1, 0.15) is 5.82 Å². The Bertz CT molecular complexity index is 1100. The second kappa shape index (κ2) is 8.04. The highest BCUT2D eigenvalue weighted by Crippen LogP contribution is 2.22. The van der Waals surface area contributed by atoms with Gasteiger partial charge in [-0.05, 0) is 37.3 Å². The third kappa shape index (κ3) is 4.01. The van der Waals surface area contributed by atoms with Crippen molar-refractivity contribution in [3.05, 3.63) is 54.5 Å². The number of hydrogen-bond donors (Lipinski definition) is 0. The van der Waals surface area contributed by atoms with Gasteiger partial charge in [-0.1, -0.05) is 0 Å². The predicted octanol–water partition coefficient (Wildman–Crippen LogP) is 1.55. The molecule has 0 spiro atoms. The average Bonchev–Trinajstić information content (AvgIpc) is 3.28. The largest absolute Gasteiger partial charge is 0.363 e. The van der Waals surface area contributed by atoms with Crippen molar-refractivity contribution in [3.63, 3.8) is 0 Å². The number of aromatic nitrogens is 4. The molecule has 3 heterocycles. The zero-order chi connectivity index (χ0) is 21.3. The highest BCUT2D eigenvalue weighted by atomic mass is 32.2. The number of aryl methyl sites for hydroxylation is 1. The molecule has 0 saturated carbocycles. The van der Waals surface area contributed by atoms with Gasteiger partial charge in [0.2, 0.25) is 16.0 Å². The van der Waals surface area contributed by atoms with Gasteiger partial charge in [0.05, 0.1) is 10.6 Å². The maximum Gasteiger partial charge on any atom is 0.243 e. The maximum absolute atomic E-state index is 13.1. The van der Waals surface area contributed by atoms with Gasteiger partial charge in [0.25, 0.3) is 0 Å². The first-order valence-corrected chi connectivity index (χ1v) is 11.2. The topological polar surface area (TPSA) is 87.5 Å². The first-order valence-electron chi connectivity index (χ1n) is 9.73. The number of piperazine rings is 1. The molecule has 10 heteroatoms. The molecule has 158 valence electrons. The van der Waals surface area contributed by atoms with E-state index in [9.17, 15) is 8.42 Å². The van der Waals surface area contributed by atoms with Gasteiger partial charge < -0.3 is 9.80 Å². The molecule has 0 amide bonds. The lowest BCUT2D eigenvalue weighted by Gasteiger charge is -2.34. The lowest BCUT2D eigenvalue weighted by atomic mass is 10.3. The molecule has 9 nitrogen and oxygen atoms in total. The lowest BCUT2D eigenvalue weighted by Crippen LogP contribution is -2.49. The van der Waals surface area contributed by atoms with Gasteiger partial charge in [-0.2, -0.15) is 14.4 Å².